The molecule has 0 unspecified atom stereocenters. The normalized spacial score (nSPS) is 11.4. The fourth-order valence-electron chi connectivity index (χ4n) is 8.85. The van der Waals surface area contributed by atoms with Gasteiger partial charge < -0.3 is 19.7 Å². The van der Waals surface area contributed by atoms with Gasteiger partial charge in [-0.05, 0) is 152 Å². The van der Waals surface area contributed by atoms with Gasteiger partial charge in [0, 0.05) is 67.5 Å². The number of para-hydroxylation sites is 4. The molecule has 0 aliphatic rings. The highest BCUT2D eigenvalue weighted by Crippen LogP contribution is 2.41. The summed E-state index contributed by atoms with van der Waals surface area (Å²) < 4.78 is 2.37. The van der Waals surface area contributed by atoms with Gasteiger partial charge in [-0.1, -0.05) is 140 Å². The Morgan fingerprint density at radius 2 is 1.00 bits per heavy atom. The Labute approximate surface area is 388 Å². The molecule has 0 atom stereocenters. The van der Waals surface area contributed by atoms with Crippen LogP contribution in [0.2, 0.25) is 0 Å². The number of nitrogens with zero attached hydrogens (tertiary/aromatic N) is 3. The molecule has 4 heteroatoms. The summed E-state index contributed by atoms with van der Waals surface area (Å²) in [6, 6.07) is 80.0. The third kappa shape index (κ3) is 8.44. The van der Waals surface area contributed by atoms with Crippen molar-refractivity contribution in [1.29, 1.82) is 0 Å². The highest BCUT2D eigenvalue weighted by molar-refractivity contribution is 6.10. The van der Waals surface area contributed by atoms with E-state index in [-0.39, 0.29) is 0 Å². The molecule has 10 rings (SSSR count). The molecule has 0 aliphatic carbocycles. The van der Waals surface area contributed by atoms with Crippen molar-refractivity contribution >= 4 is 72.9 Å². The number of allylic oxidation sites excluding steroid dienone is 5. The van der Waals surface area contributed by atoms with Gasteiger partial charge in [0.15, 0.2) is 0 Å². The highest BCUT2D eigenvalue weighted by atomic mass is 15.2. The molecule has 10 aromatic rings. The van der Waals surface area contributed by atoms with Gasteiger partial charge in [-0.25, -0.2) is 0 Å². The molecule has 318 valence electrons. The zero-order valence-corrected chi connectivity index (χ0v) is 37.2. The molecule has 0 saturated carbocycles. The SMILES string of the molecule is C=C(/C=C\C=C/C)c1cc(-c2ccc3c(c2)c2ccccc2n3-c2ccc(C)cc2)ccc1Nc1cccc(N(c2ccccc2)c2ccc(N(c3ccccc3)c3ccccc3)cc2)c1. The summed E-state index contributed by atoms with van der Waals surface area (Å²) in [6.45, 7) is 8.73. The van der Waals surface area contributed by atoms with E-state index in [0.29, 0.717) is 0 Å². The topological polar surface area (TPSA) is 23.4 Å². The van der Waals surface area contributed by atoms with Crippen molar-refractivity contribution in [2.75, 3.05) is 15.1 Å². The lowest BCUT2D eigenvalue weighted by atomic mass is 9.96. The maximum Gasteiger partial charge on any atom is 0.0541 e. The van der Waals surface area contributed by atoms with Crippen molar-refractivity contribution in [2.45, 2.75) is 13.8 Å². The molecule has 9 aromatic carbocycles. The number of anilines is 8. The first kappa shape index (κ1) is 41.4. The quantitative estimate of drug-likeness (QED) is 0.117. The van der Waals surface area contributed by atoms with Crippen molar-refractivity contribution in [3.63, 3.8) is 0 Å². The van der Waals surface area contributed by atoms with Gasteiger partial charge >= 0.3 is 0 Å². The van der Waals surface area contributed by atoms with Crippen LogP contribution in [0.3, 0.4) is 0 Å². The monoisotopic (exact) mass is 850 g/mol. The number of aromatic nitrogens is 1. The summed E-state index contributed by atoms with van der Waals surface area (Å²) in [6.07, 6.45) is 8.20. The molecule has 0 spiro atoms. The highest BCUT2D eigenvalue weighted by Gasteiger charge is 2.18. The fourth-order valence-corrected chi connectivity index (χ4v) is 8.85. The summed E-state index contributed by atoms with van der Waals surface area (Å²) in [5.41, 5.74) is 17.4. The lowest BCUT2D eigenvalue weighted by molar-refractivity contribution is 1.17. The van der Waals surface area contributed by atoms with E-state index in [1.54, 1.807) is 0 Å². The summed E-state index contributed by atoms with van der Waals surface area (Å²) in [5, 5.41) is 6.26. The lowest BCUT2D eigenvalue weighted by Crippen LogP contribution is -2.12. The Bertz CT molecular complexity index is 3310. The average molecular weight is 851 g/mol. The van der Waals surface area contributed by atoms with E-state index < -0.39 is 0 Å². The fraction of sp³-hybridized carbons (Fsp3) is 0.0323. The molecular weight excluding hydrogens is 801 g/mol. The van der Waals surface area contributed by atoms with Gasteiger partial charge in [-0.15, -0.1) is 0 Å². The molecule has 0 radical (unpaired) electrons. The van der Waals surface area contributed by atoms with Crippen LogP contribution in [0.1, 0.15) is 18.1 Å². The van der Waals surface area contributed by atoms with E-state index >= 15 is 0 Å². The number of hydrogen-bond donors (Lipinski definition) is 1. The molecule has 66 heavy (non-hydrogen) atoms. The second kappa shape index (κ2) is 18.6. The van der Waals surface area contributed by atoms with Crippen molar-refractivity contribution in [3.8, 4) is 16.8 Å². The predicted molar refractivity (Wildman–Crippen MR) is 283 cm³/mol. The number of rotatable bonds is 13. The molecule has 0 saturated heterocycles. The Kier molecular flexibility index (Phi) is 11.7. The van der Waals surface area contributed by atoms with Gasteiger partial charge in [-0.3, -0.25) is 0 Å². The van der Waals surface area contributed by atoms with Crippen molar-refractivity contribution in [1.82, 2.24) is 4.57 Å². The molecule has 4 nitrogen and oxygen atoms in total. The van der Waals surface area contributed by atoms with Gasteiger partial charge in [0.05, 0.1) is 11.0 Å². The van der Waals surface area contributed by atoms with Crippen LogP contribution in [-0.2, 0) is 0 Å². The minimum atomic E-state index is 0.914. The molecule has 0 bridgehead atoms. The number of hydrogen-bond acceptors (Lipinski definition) is 3. The number of fused-ring (bicyclic) bond motifs is 3. The molecule has 0 amide bonds. The van der Waals surface area contributed by atoms with E-state index in [1.807, 2.05) is 25.2 Å². The number of benzene rings is 9. The smallest absolute Gasteiger partial charge is 0.0541 e. The van der Waals surface area contributed by atoms with E-state index in [1.165, 1.54) is 27.4 Å². The van der Waals surface area contributed by atoms with E-state index in [0.717, 1.165) is 73.4 Å². The summed E-state index contributed by atoms with van der Waals surface area (Å²) >= 11 is 0. The molecule has 1 N–H and O–H groups in total. The van der Waals surface area contributed by atoms with Crippen LogP contribution >= 0.6 is 0 Å². The first-order chi connectivity index (χ1) is 32.5. The number of nitrogens with one attached hydrogen (secondary N) is 1. The van der Waals surface area contributed by atoms with Crippen LogP contribution in [0.5, 0.6) is 0 Å². The zero-order valence-electron chi connectivity index (χ0n) is 37.2. The van der Waals surface area contributed by atoms with Crippen LogP contribution in [0.4, 0.5) is 45.5 Å². The van der Waals surface area contributed by atoms with E-state index in [4.69, 9.17) is 0 Å². The van der Waals surface area contributed by atoms with Crippen molar-refractivity contribution in [2.24, 2.45) is 0 Å². The molecular formula is C62H50N4. The third-order valence-corrected chi connectivity index (χ3v) is 12.1. The van der Waals surface area contributed by atoms with Gasteiger partial charge in [0.2, 0.25) is 0 Å². The van der Waals surface area contributed by atoms with Crippen LogP contribution < -0.4 is 15.1 Å². The van der Waals surface area contributed by atoms with Gasteiger partial charge in [-0.2, -0.15) is 0 Å². The first-order valence-electron chi connectivity index (χ1n) is 22.5. The second-order valence-corrected chi connectivity index (χ2v) is 16.5. The van der Waals surface area contributed by atoms with Crippen molar-refractivity contribution < 1.29 is 0 Å². The van der Waals surface area contributed by atoms with Crippen molar-refractivity contribution in [3.05, 3.63) is 266 Å². The molecule has 1 aromatic heterocycles. The van der Waals surface area contributed by atoms with E-state index in [9.17, 15) is 0 Å². The van der Waals surface area contributed by atoms with Crippen LogP contribution in [0.15, 0.2) is 255 Å². The first-order valence-corrected chi connectivity index (χ1v) is 22.5. The summed E-state index contributed by atoms with van der Waals surface area (Å²) in [7, 11) is 0. The van der Waals surface area contributed by atoms with Crippen LogP contribution in [0, 0.1) is 6.92 Å². The molecule has 1 heterocycles. The van der Waals surface area contributed by atoms with Gasteiger partial charge in [0.1, 0.15) is 0 Å². The third-order valence-electron chi connectivity index (χ3n) is 12.1. The lowest BCUT2D eigenvalue weighted by Gasteiger charge is -2.28. The van der Waals surface area contributed by atoms with Crippen LogP contribution in [-0.4, -0.2) is 4.57 Å². The standard InChI is InChI=1S/C62H50N4/c1-4-5-9-19-46(3)58-42-47(48-33-41-62-59(43-48)57-28-16-17-29-61(57)66(62)55-34-30-45(2)31-35-55)32-40-60(58)63-49-20-18-27-56(44-49)65(52-25-14-8-15-26-52)54-38-36-53(37-39-54)64(50-21-10-6-11-22-50)51-23-12-7-13-24-51/h4-44,63H,3H2,1-2H3/b5-4-,19-9-. The maximum absolute atomic E-state index is 4.58. The Morgan fingerprint density at radius 1 is 0.470 bits per heavy atom. The van der Waals surface area contributed by atoms with Crippen LogP contribution in [0.25, 0.3) is 44.2 Å². The van der Waals surface area contributed by atoms with E-state index in [2.05, 4.69) is 264 Å². The summed E-state index contributed by atoms with van der Waals surface area (Å²) in [5.74, 6) is 0. The Morgan fingerprint density at radius 3 is 1.64 bits per heavy atom. The Hall–Kier alpha value is -8.60. The summed E-state index contributed by atoms with van der Waals surface area (Å²) in [4.78, 5) is 4.59. The average Bonchev–Trinajstić information content (AvgIpc) is 3.70. The Balaban J connectivity index is 1.01. The number of aryl methyl sites for hydroxylation is 1. The minimum absolute atomic E-state index is 0.914. The predicted octanol–water partition coefficient (Wildman–Crippen LogP) is 17.6. The maximum atomic E-state index is 4.58. The second-order valence-electron chi connectivity index (χ2n) is 16.5. The largest absolute Gasteiger partial charge is 0.355 e. The minimum Gasteiger partial charge on any atom is -0.355 e. The molecule has 0 fully saturated rings. The molecule has 0 aliphatic heterocycles. The van der Waals surface area contributed by atoms with Gasteiger partial charge in [0.25, 0.3) is 0 Å². The zero-order chi connectivity index (χ0) is 44.8.